The highest BCUT2D eigenvalue weighted by Gasteiger charge is 2.37. The highest BCUT2D eigenvalue weighted by molar-refractivity contribution is 9.10. The molecule has 2 aliphatic carbocycles. The van der Waals surface area contributed by atoms with Crippen LogP contribution in [0.3, 0.4) is 0 Å². The van der Waals surface area contributed by atoms with Gasteiger partial charge in [-0.1, -0.05) is 32.6 Å². The van der Waals surface area contributed by atoms with Crippen molar-refractivity contribution in [1.29, 1.82) is 0 Å². The zero-order valence-corrected chi connectivity index (χ0v) is 18.2. The van der Waals surface area contributed by atoms with Crippen molar-refractivity contribution in [3.05, 3.63) is 27.7 Å². The molecule has 2 aliphatic rings. The van der Waals surface area contributed by atoms with E-state index in [9.17, 15) is 22.0 Å². The van der Waals surface area contributed by atoms with E-state index in [0.29, 0.717) is 11.5 Å². The van der Waals surface area contributed by atoms with Gasteiger partial charge in [0.25, 0.3) is 0 Å². The molecule has 1 nitrogen and oxygen atoms in total. The maximum absolute atomic E-state index is 14.4. The molecule has 0 amide bonds. The van der Waals surface area contributed by atoms with Gasteiger partial charge < -0.3 is 4.74 Å². The lowest BCUT2D eigenvalue weighted by Gasteiger charge is -2.38. The van der Waals surface area contributed by atoms with E-state index < -0.39 is 23.7 Å². The molecule has 0 atom stereocenters. The summed E-state index contributed by atoms with van der Waals surface area (Å²) in [6.07, 6.45) is 6.20. The van der Waals surface area contributed by atoms with E-state index in [1.165, 1.54) is 38.5 Å². The normalized spacial score (nSPS) is 28.4. The van der Waals surface area contributed by atoms with Crippen LogP contribution < -0.4 is 4.74 Å². The largest absolute Gasteiger partial charge is 0.573 e. The Morgan fingerprint density at radius 2 is 1.52 bits per heavy atom. The molecular weight excluding hydrogens is 455 g/mol. The first-order valence-electron chi connectivity index (χ1n) is 10.6. The van der Waals surface area contributed by atoms with Gasteiger partial charge in [0.05, 0.1) is 4.47 Å². The minimum Gasteiger partial charge on any atom is -0.399 e. The molecule has 0 saturated heterocycles. The van der Waals surface area contributed by atoms with Crippen LogP contribution in [-0.2, 0) is 0 Å². The van der Waals surface area contributed by atoms with Crippen LogP contribution in [-0.4, -0.2) is 6.36 Å². The van der Waals surface area contributed by atoms with Crippen LogP contribution in [0.15, 0.2) is 10.5 Å². The number of halogens is 6. The third kappa shape index (κ3) is 5.65. The Hall–Kier alpha value is -0.850. The molecule has 0 unspecified atom stereocenters. The van der Waals surface area contributed by atoms with Crippen molar-refractivity contribution in [2.45, 2.75) is 83.4 Å². The Morgan fingerprint density at radius 3 is 2.03 bits per heavy atom. The number of rotatable bonds is 5. The number of ether oxygens (including phenoxy) is 1. The minimum atomic E-state index is -5.14. The van der Waals surface area contributed by atoms with Gasteiger partial charge in [-0.3, -0.25) is 0 Å². The van der Waals surface area contributed by atoms with E-state index in [1.54, 1.807) is 0 Å². The summed E-state index contributed by atoms with van der Waals surface area (Å²) in [5.41, 5.74) is 0.402. The fraction of sp³-hybridized carbons (Fsp3) is 0.727. The quantitative estimate of drug-likeness (QED) is 0.301. The van der Waals surface area contributed by atoms with Gasteiger partial charge in [-0.05, 0) is 89.8 Å². The highest BCUT2D eigenvalue weighted by Crippen LogP contribution is 2.47. The van der Waals surface area contributed by atoms with Crippen molar-refractivity contribution in [1.82, 2.24) is 0 Å². The molecule has 7 heteroatoms. The molecule has 3 rings (SSSR count). The molecule has 0 aromatic heterocycles. The van der Waals surface area contributed by atoms with Crippen molar-refractivity contribution in [2.75, 3.05) is 0 Å². The minimum absolute atomic E-state index is 0.0546. The van der Waals surface area contributed by atoms with Gasteiger partial charge in [0.1, 0.15) is 0 Å². The zero-order valence-electron chi connectivity index (χ0n) is 16.6. The Kier molecular flexibility index (Phi) is 7.50. The fourth-order valence-electron chi connectivity index (χ4n) is 5.36. The Bertz CT molecular complexity index is 689. The van der Waals surface area contributed by atoms with E-state index in [0.717, 1.165) is 43.6 Å². The van der Waals surface area contributed by atoms with E-state index in [1.807, 2.05) is 0 Å². The van der Waals surface area contributed by atoms with Gasteiger partial charge in [-0.25, -0.2) is 8.78 Å². The first kappa shape index (κ1) is 22.8. The molecule has 2 fully saturated rings. The number of hydrogen-bond donors (Lipinski definition) is 0. The monoisotopic (exact) mass is 482 g/mol. The fourth-order valence-corrected chi connectivity index (χ4v) is 5.98. The molecule has 0 N–H and O–H groups in total. The average molecular weight is 483 g/mol. The van der Waals surface area contributed by atoms with E-state index in [-0.39, 0.29) is 10.4 Å². The second-order valence-electron chi connectivity index (χ2n) is 8.63. The first-order chi connectivity index (χ1) is 13.7. The molecule has 1 aromatic rings. The van der Waals surface area contributed by atoms with Gasteiger partial charge in [-0.15, -0.1) is 13.2 Å². The lowest BCUT2D eigenvalue weighted by atomic mass is 9.68. The third-order valence-electron chi connectivity index (χ3n) is 6.83. The van der Waals surface area contributed by atoms with E-state index >= 15 is 0 Å². The van der Waals surface area contributed by atoms with Crippen LogP contribution in [0.4, 0.5) is 22.0 Å². The molecule has 0 spiro atoms. The van der Waals surface area contributed by atoms with Crippen LogP contribution in [0.2, 0.25) is 0 Å². The molecule has 1 aromatic carbocycles. The summed E-state index contributed by atoms with van der Waals surface area (Å²) >= 11 is 3.03. The molecule has 0 heterocycles. The second kappa shape index (κ2) is 9.52. The predicted octanol–water partition coefficient (Wildman–Crippen LogP) is 8.51. The summed E-state index contributed by atoms with van der Waals surface area (Å²) < 4.78 is 69.1. The number of benzene rings is 1. The van der Waals surface area contributed by atoms with Crippen molar-refractivity contribution in [3.8, 4) is 5.75 Å². The van der Waals surface area contributed by atoms with Crippen molar-refractivity contribution in [3.63, 3.8) is 0 Å². The third-order valence-corrected chi connectivity index (χ3v) is 7.64. The first-order valence-corrected chi connectivity index (χ1v) is 11.4. The van der Waals surface area contributed by atoms with Gasteiger partial charge in [-0.2, -0.15) is 0 Å². The molecular formula is C22H28BrF5O. The number of hydrogen-bond acceptors (Lipinski definition) is 1. The Balaban J connectivity index is 1.62. The molecule has 164 valence electrons. The summed E-state index contributed by atoms with van der Waals surface area (Å²) in [7, 11) is 0. The Labute approximate surface area is 177 Å². The standard InChI is InChI=1S/C22H28BrF5O/c1-2-3-13-4-6-14(7-5-13)15-8-10-16(11-9-15)17-12-18(24)21(20(25)19(17)23)29-22(26,27)28/h12-16H,2-11H2,1H3. The molecule has 0 bridgehead atoms. The van der Waals surface area contributed by atoms with Gasteiger partial charge in [0.15, 0.2) is 11.6 Å². The predicted molar refractivity (Wildman–Crippen MR) is 106 cm³/mol. The maximum atomic E-state index is 14.4. The van der Waals surface area contributed by atoms with Crippen molar-refractivity contribution in [2.24, 2.45) is 17.8 Å². The van der Waals surface area contributed by atoms with Crippen LogP contribution in [0.1, 0.15) is 82.6 Å². The van der Waals surface area contributed by atoms with Crippen LogP contribution in [0, 0.1) is 29.4 Å². The van der Waals surface area contributed by atoms with Crippen LogP contribution >= 0.6 is 15.9 Å². The van der Waals surface area contributed by atoms with Crippen molar-refractivity contribution < 1.29 is 26.7 Å². The maximum Gasteiger partial charge on any atom is 0.573 e. The van der Waals surface area contributed by atoms with E-state index in [4.69, 9.17) is 0 Å². The highest BCUT2D eigenvalue weighted by atomic mass is 79.9. The van der Waals surface area contributed by atoms with Crippen LogP contribution in [0.25, 0.3) is 0 Å². The average Bonchev–Trinajstić information content (AvgIpc) is 2.68. The lowest BCUT2D eigenvalue weighted by Crippen LogP contribution is -2.25. The van der Waals surface area contributed by atoms with Gasteiger partial charge >= 0.3 is 6.36 Å². The lowest BCUT2D eigenvalue weighted by molar-refractivity contribution is -0.276. The summed E-state index contributed by atoms with van der Waals surface area (Å²) in [6.45, 7) is 2.24. The SMILES string of the molecule is CCCC1CCC(C2CCC(c3cc(F)c(OC(F)(F)F)c(F)c3Br)CC2)CC1. The van der Waals surface area contributed by atoms with Gasteiger partial charge in [0, 0.05) is 0 Å². The van der Waals surface area contributed by atoms with Gasteiger partial charge in [0.2, 0.25) is 5.75 Å². The zero-order chi connectivity index (χ0) is 21.2. The van der Waals surface area contributed by atoms with Crippen LogP contribution in [0.5, 0.6) is 5.75 Å². The number of alkyl halides is 3. The van der Waals surface area contributed by atoms with Crippen molar-refractivity contribution >= 4 is 15.9 Å². The molecule has 0 radical (unpaired) electrons. The Morgan fingerprint density at radius 1 is 0.966 bits per heavy atom. The summed E-state index contributed by atoms with van der Waals surface area (Å²) in [5, 5.41) is 0. The smallest absolute Gasteiger partial charge is 0.399 e. The van der Waals surface area contributed by atoms with E-state index in [2.05, 4.69) is 27.6 Å². The molecule has 2 saturated carbocycles. The topological polar surface area (TPSA) is 9.23 Å². The molecule has 0 aliphatic heterocycles. The summed E-state index contributed by atoms with van der Waals surface area (Å²) in [6, 6.07) is 0.995. The molecule has 29 heavy (non-hydrogen) atoms. The second-order valence-corrected chi connectivity index (χ2v) is 9.43. The summed E-state index contributed by atoms with van der Waals surface area (Å²) in [5.74, 6) is -1.83. The summed E-state index contributed by atoms with van der Waals surface area (Å²) in [4.78, 5) is 0.